The van der Waals surface area contributed by atoms with Gasteiger partial charge in [0.2, 0.25) is 0 Å². The van der Waals surface area contributed by atoms with Gasteiger partial charge in [0.15, 0.2) is 5.69 Å². The van der Waals surface area contributed by atoms with Crippen molar-refractivity contribution in [3.8, 4) is 0 Å². The van der Waals surface area contributed by atoms with E-state index in [0.29, 0.717) is 0 Å². The van der Waals surface area contributed by atoms with E-state index in [1.807, 2.05) is 4.98 Å². The summed E-state index contributed by atoms with van der Waals surface area (Å²) in [5, 5.41) is 10.3. The van der Waals surface area contributed by atoms with Gasteiger partial charge in [-0.3, -0.25) is 14.9 Å². The average Bonchev–Trinajstić information content (AvgIpc) is 2.08. The zero-order valence-corrected chi connectivity index (χ0v) is 8.05. The topological polar surface area (TPSA) is 76.0 Å². The Hall–Kier alpha value is -1.31. The molecule has 8 heteroatoms. The highest BCUT2D eigenvalue weighted by Crippen LogP contribution is 2.24. The van der Waals surface area contributed by atoms with Crippen LogP contribution in [0.15, 0.2) is 15.5 Å². The van der Waals surface area contributed by atoms with Gasteiger partial charge in [0, 0.05) is 6.20 Å². The summed E-state index contributed by atoms with van der Waals surface area (Å²) in [6, 6.07) is 0. The maximum absolute atomic E-state index is 12.2. The van der Waals surface area contributed by atoms with Gasteiger partial charge in [-0.05, 0) is 15.9 Å². The number of nitro groups is 1. The number of nitrogens with one attached hydrogen (secondary N) is 1. The lowest BCUT2D eigenvalue weighted by molar-refractivity contribution is -0.387. The molecule has 5 nitrogen and oxygen atoms in total. The minimum absolute atomic E-state index is 0.159. The van der Waals surface area contributed by atoms with E-state index < -0.39 is 28.2 Å². The molecule has 0 spiro atoms. The highest BCUT2D eigenvalue weighted by atomic mass is 79.9. The first-order valence-electron chi connectivity index (χ1n) is 3.28. The molecule has 0 saturated carbocycles. The maximum Gasteiger partial charge on any atom is 0.342 e. The van der Waals surface area contributed by atoms with Crippen molar-refractivity contribution in [1.82, 2.24) is 4.98 Å². The SMILES string of the molecule is O=c1c(Br)c[nH]c(C(F)F)c1[N+](=O)[O-]. The molecule has 1 rings (SSSR count). The number of hydrogen-bond donors (Lipinski definition) is 1. The second-order valence-corrected chi connectivity index (χ2v) is 3.14. The van der Waals surface area contributed by atoms with Crippen LogP contribution in [0.3, 0.4) is 0 Å². The summed E-state index contributed by atoms with van der Waals surface area (Å²) in [4.78, 5) is 22.3. The fourth-order valence-electron chi connectivity index (χ4n) is 0.858. The minimum atomic E-state index is -3.09. The molecule has 1 N–H and O–H groups in total. The summed E-state index contributed by atoms with van der Waals surface area (Å²) in [6.07, 6.45) is -2.15. The Kier molecular flexibility index (Phi) is 2.94. The van der Waals surface area contributed by atoms with Gasteiger partial charge in [0.1, 0.15) is 0 Å². The van der Waals surface area contributed by atoms with E-state index >= 15 is 0 Å². The van der Waals surface area contributed by atoms with E-state index in [1.165, 1.54) is 0 Å². The van der Waals surface area contributed by atoms with Crippen LogP contribution in [0.1, 0.15) is 12.1 Å². The zero-order chi connectivity index (χ0) is 10.9. The Labute approximate surface area is 84.0 Å². The minimum Gasteiger partial charge on any atom is -0.353 e. The number of rotatable bonds is 2. The summed E-state index contributed by atoms with van der Waals surface area (Å²) < 4.78 is 24.3. The average molecular weight is 269 g/mol. The predicted octanol–water partition coefficient (Wildman–Crippen LogP) is 1.98. The summed E-state index contributed by atoms with van der Waals surface area (Å²) in [5.74, 6) is 0. The number of halogens is 3. The molecule has 0 aromatic carbocycles. The molecule has 1 aromatic heterocycles. The number of nitrogens with zero attached hydrogens (tertiary/aromatic N) is 1. The standard InChI is InChI=1S/C6H3BrF2N2O3/c7-2-1-10-3(6(8)9)4(5(2)12)11(13)14/h1,6H,(H,10,12). The molecular weight excluding hydrogens is 266 g/mol. The molecule has 0 fully saturated rings. The van der Waals surface area contributed by atoms with Crippen molar-refractivity contribution in [2.75, 3.05) is 0 Å². The Morgan fingerprint density at radius 2 is 2.14 bits per heavy atom. The third kappa shape index (κ3) is 1.79. The molecule has 0 aliphatic rings. The number of aromatic amines is 1. The lowest BCUT2D eigenvalue weighted by Gasteiger charge is -2.00. The van der Waals surface area contributed by atoms with Gasteiger partial charge in [-0.2, -0.15) is 0 Å². The Bertz CT molecular complexity index is 432. The first-order valence-corrected chi connectivity index (χ1v) is 4.08. The predicted molar refractivity (Wildman–Crippen MR) is 46.4 cm³/mol. The summed E-state index contributed by atoms with van der Waals surface area (Å²) >= 11 is 2.70. The van der Waals surface area contributed by atoms with Crippen LogP contribution >= 0.6 is 15.9 Å². The second-order valence-electron chi connectivity index (χ2n) is 2.29. The van der Waals surface area contributed by atoms with E-state index in [2.05, 4.69) is 15.9 Å². The highest BCUT2D eigenvalue weighted by molar-refractivity contribution is 9.10. The van der Waals surface area contributed by atoms with Crippen LogP contribution in [0.2, 0.25) is 0 Å². The number of pyridine rings is 1. The van der Waals surface area contributed by atoms with Crippen LogP contribution in [-0.4, -0.2) is 9.91 Å². The molecule has 76 valence electrons. The maximum atomic E-state index is 12.2. The van der Waals surface area contributed by atoms with Crippen molar-refractivity contribution in [2.24, 2.45) is 0 Å². The monoisotopic (exact) mass is 268 g/mol. The number of aromatic nitrogens is 1. The van der Waals surface area contributed by atoms with Gasteiger partial charge in [0.05, 0.1) is 9.40 Å². The molecule has 0 unspecified atom stereocenters. The van der Waals surface area contributed by atoms with Gasteiger partial charge in [-0.25, -0.2) is 8.78 Å². The van der Waals surface area contributed by atoms with Crippen molar-refractivity contribution < 1.29 is 13.7 Å². The quantitative estimate of drug-likeness (QED) is 0.658. The number of hydrogen-bond acceptors (Lipinski definition) is 3. The second kappa shape index (κ2) is 3.82. The van der Waals surface area contributed by atoms with Gasteiger partial charge in [-0.1, -0.05) is 0 Å². The lowest BCUT2D eigenvalue weighted by atomic mass is 10.3. The fourth-order valence-corrected chi connectivity index (χ4v) is 1.16. The zero-order valence-electron chi connectivity index (χ0n) is 6.46. The van der Waals surface area contributed by atoms with E-state index in [1.54, 1.807) is 0 Å². The first kappa shape index (κ1) is 10.8. The molecule has 0 bridgehead atoms. The van der Waals surface area contributed by atoms with Crippen LogP contribution in [-0.2, 0) is 0 Å². The molecule has 0 radical (unpaired) electrons. The highest BCUT2D eigenvalue weighted by Gasteiger charge is 2.27. The van der Waals surface area contributed by atoms with Crippen molar-refractivity contribution in [2.45, 2.75) is 6.43 Å². The van der Waals surface area contributed by atoms with E-state index in [-0.39, 0.29) is 4.47 Å². The fraction of sp³-hybridized carbons (Fsp3) is 0.167. The van der Waals surface area contributed by atoms with E-state index in [4.69, 9.17) is 0 Å². The first-order chi connectivity index (χ1) is 6.45. The van der Waals surface area contributed by atoms with Crippen LogP contribution in [0.4, 0.5) is 14.5 Å². The number of alkyl halides is 2. The lowest BCUT2D eigenvalue weighted by Crippen LogP contribution is -2.13. The molecular formula is C6H3BrF2N2O3. The third-order valence-corrected chi connectivity index (χ3v) is 2.03. The van der Waals surface area contributed by atoms with E-state index in [0.717, 1.165) is 6.20 Å². The molecule has 0 saturated heterocycles. The molecule has 0 amide bonds. The number of H-pyrrole nitrogens is 1. The third-order valence-electron chi connectivity index (χ3n) is 1.44. The molecule has 0 atom stereocenters. The Balaban J connectivity index is 3.54. The van der Waals surface area contributed by atoms with Gasteiger partial charge < -0.3 is 4.98 Å². The van der Waals surface area contributed by atoms with Gasteiger partial charge in [0.25, 0.3) is 11.9 Å². The Morgan fingerprint density at radius 3 is 2.57 bits per heavy atom. The van der Waals surface area contributed by atoms with E-state index in [9.17, 15) is 23.7 Å². The van der Waals surface area contributed by atoms with Crippen molar-refractivity contribution in [3.63, 3.8) is 0 Å². The van der Waals surface area contributed by atoms with Gasteiger partial charge >= 0.3 is 5.69 Å². The van der Waals surface area contributed by atoms with Crippen LogP contribution in [0.25, 0.3) is 0 Å². The van der Waals surface area contributed by atoms with Crippen molar-refractivity contribution >= 4 is 21.6 Å². The van der Waals surface area contributed by atoms with Crippen LogP contribution in [0.5, 0.6) is 0 Å². The molecule has 1 heterocycles. The van der Waals surface area contributed by atoms with Gasteiger partial charge in [-0.15, -0.1) is 0 Å². The molecule has 14 heavy (non-hydrogen) atoms. The smallest absolute Gasteiger partial charge is 0.342 e. The normalized spacial score (nSPS) is 10.6. The summed E-state index contributed by atoms with van der Waals surface area (Å²) in [7, 11) is 0. The van der Waals surface area contributed by atoms with Crippen LogP contribution < -0.4 is 5.43 Å². The van der Waals surface area contributed by atoms with Crippen molar-refractivity contribution in [1.29, 1.82) is 0 Å². The summed E-state index contributed by atoms with van der Waals surface area (Å²) in [6.45, 7) is 0. The van der Waals surface area contributed by atoms with Crippen LogP contribution in [0, 0.1) is 10.1 Å². The Morgan fingerprint density at radius 1 is 1.57 bits per heavy atom. The summed E-state index contributed by atoms with van der Waals surface area (Å²) in [5.41, 5.74) is -3.18. The molecule has 0 aliphatic carbocycles. The largest absolute Gasteiger partial charge is 0.353 e. The van der Waals surface area contributed by atoms with Crippen molar-refractivity contribution in [3.05, 3.63) is 36.7 Å². The molecule has 1 aromatic rings. The molecule has 0 aliphatic heterocycles.